The normalized spacial score (nSPS) is 11.4. The number of hydrogen-bond acceptors (Lipinski definition) is 3. The molecule has 0 aliphatic carbocycles. The highest BCUT2D eigenvalue weighted by molar-refractivity contribution is 5.88. The van der Waals surface area contributed by atoms with E-state index in [1.165, 1.54) is 0 Å². The zero-order valence-electron chi connectivity index (χ0n) is 10.7. The summed E-state index contributed by atoms with van der Waals surface area (Å²) in [6, 6.07) is 11.0. The fourth-order valence-electron chi connectivity index (χ4n) is 1.80. The summed E-state index contributed by atoms with van der Waals surface area (Å²) < 4.78 is 10.9. The average molecular weight is 258 g/mol. The lowest BCUT2D eigenvalue weighted by Crippen LogP contribution is -1.88. The number of para-hydroxylation sites is 1. The number of furan rings is 1. The molecule has 0 bridgehead atoms. The van der Waals surface area contributed by atoms with Crippen molar-refractivity contribution in [3.05, 3.63) is 48.2 Å². The molecule has 0 spiro atoms. The van der Waals surface area contributed by atoms with Gasteiger partial charge in [0.25, 0.3) is 0 Å². The average Bonchev–Trinajstić information content (AvgIpc) is 2.87. The maximum atomic E-state index is 10.6. The van der Waals surface area contributed by atoms with Crippen LogP contribution in [0.15, 0.2) is 46.9 Å². The van der Waals surface area contributed by atoms with Crippen molar-refractivity contribution in [2.45, 2.75) is 6.92 Å². The van der Waals surface area contributed by atoms with Crippen molar-refractivity contribution in [3.63, 3.8) is 0 Å². The van der Waals surface area contributed by atoms with Crippen LogP contribution in [0.1, 0.15) is 12.7 Å². The number of carbonyl (C=O) groups is 1. The molecule has 0 radical (unpaired) electrons. The van der Waals surface area contributed by atoms with Crippen LogP contribution in [0, 0.1) is 0 Å². The Hall–Kier alpha value is -2.49. The summed E-state index contributed by atoms with van der Waals surface area (Å²) in [5.74, 6) is 0.893. The summed E-state index contributed by atoms with van der Waals surface area (Å²) in [6.07, 6.45) is 1.12. The molecule has 1 aromatic heterocycles. The summed E-state index contributed by atoms with van der Waals surface area (Å²) in [7, 11) is 1.60. The predicted molar refractivity (Wildman–Crippen MR) is 72.0 cm³/mol. The third-order valence-corrected chi connectivity index (χ3v) is 2.71. The highest BCUT2D eigenvalue weighted by Crippen LogP contribution is 2.32. The summed E-state index contributed by atoms with van der Waals surface area (Å²) >= 11 is 0. The number of rotatable bonds is 4. The summed E-state index contributed by atoms with van der Waals surface area (Å²) in [6.45, 7) is 1.69. The monoisotopic (exact) mass is 258 g/mol. The van der Waals surface area contributed by atoms with Crippen LogP contribution in [0.4, 0.5) is 0 Å². The Bertz CT molecular complexity index is 623. The van der Waals surface area contributed by atoms with Gasteiger partial charge < -0.3 is 14.3 Å². The minimum Gasteiger partial charge on any atom is -0.496 e. The van der Waals surface area contributed by atoms with E-state index in [-0.39, 0.29) is 0 Å². The van der Waals surface area contributed by atoms with E-state index in [0.717, 1.165) is 11.6 Å². The number of methoxy groups -OCH3 is 1. The smallest absolute Gasteiger partial charge is 0.328 e. The van der Waals surface area contributed by atoms with Gasteiger partial charge in [-0.3, -0.25) is 0 Å². The minimum atomic E-state index is -0.993. The first-order valence-corrected chi connectivity index (χ1v) is 5.76. The van der Waals surface area contributed by atoms with Crippen molar-refractivity contribution in [3.8, 4) is 17.1 Å². The zero-order valence-corrected chi connectivity index (χ0v) is 10.7. The van der Waals surface area contributed by atoms with Crippen molar-refractivity contribution in [1.82, 2.24) is 0 Å². The molecule has 2 rings (SSSR count). The lowest BCUT2D eigenvalue weighted by Gasteiger charge is -2.05. The molecule has 0 aliphatic rings. The molecule has 1 heterocycles. The summed E-state index contributed by atoms with van der Waals surface area (Å²) in [4.78, 5) is 10.6. The van der Waals surface area contributed by atoms with Crippen LogP contribution in [-0.4, -0.2) is 18.2 Å². The first-order valence-electron chi connectivity index (χ1n) is 5.76. The van der Waals surface area contributed by atoms with Crippen molar-refractivity contribution in [2.75, 3.05) is 7.11 Å². The largest absolute Gasteiger partial charge is 0.496 e. The van der Waals surface area contributed by atoms with E-state index in [1.54, 1.807) is 26.2 Å². The number of carboxylic acids is 1. The van der Waals surface area contributed by atoms with Gasteiger partial charge in [-0.1, -0.05) is 12.1 Å². The Morgan fingerprint density at radius 1 is 1.26 bits per heavy atom. The van der Waals surface area contributed by atoms with Crippen molar-refractivity contribution >= 4 is 11.5 Å². The highest BCUT2D eigenvalue weighted by atomic mass is 16.5. The molecule has 98 valence electrons. The van der Waals surface area contributed by atoms with E-state index in [1.807, 2.05) is 24.3 Å². The third kappa shape index (κ3) is 2.85. The highest BCUT2D eigenvalue weighted by Gasteiger charge is 2.10. The molecule has 19 heavy (non-hydrogen) atoms. The summed E-state index contributed by atoms with van der Waals surface area (Å²) in [5, 5.41) is 8.71. The molecule has 1 N–H and O–H groups in total. The molecule has 0 saturated carbocycles. The number of allylic oxidation sites excluding steroid dienone is 1. The van der Waals surface area contributed by atoms with Gasteiger partial charge in [0.05, 0.1) is 12.7 Å². The van der Waals surface area contributed by atoms with E-state index in [2.05, 4.69) is 0 Å². The number of aliphatic carboxylic acids is 1. The Kier molecular flexibility index (Phi) is 3.71. The van der Waals surface area contributed by atoms with E-state index < -0.39 is 5.97 Å². The van der Waals surface area contributed by atoms with Gasteiger partial charge in [0, 0.05) is 6.08 Å². The van der Waals surface area contributed by atoms with E-state index in [4.69, 9.17) is 14.3 Å². The van der Waals surface area contributed by atoms with Gasteiger partial charge in [-0.05, 0) is 36.8 Å². The molecular formula is C15H14O4. The Morgan fingerprint density at radius 3 is 2.68 bits per heavy atom. The molecule has 0 fully saturated rings. The number of ether oxygens (including phenoxy) is 1. The molecule has 1 aromatic carbocycles. The number of hydrogen-bond donors (Lipinski definition) is 1. The lowest BCUT2D eigenvalue weighted by atomic mass is 10.1. The maximum Gasteiger partial charge on any atom is 0.328 e. The second kappa shape index (κ2) is 5.44. The second-order valence-electron chi connectivity index (χ2n) is 4.03. The predicted octanol–water partition coefficient (Wildman–Crippen LogP) is 3.44. The van der Waals surface area contributed by atoms with Gasteiger partial charge >= 0.3 is 5.97 Å². The van der Waals surface area contributed by atoms with Crippen LogP contribution < -0.4 is 4.74 Å². The SMILES string of the molecule is COc1ccccc1-c1ccc(/C(C)=C/C(=O)O)o1. The minimum absolute atomic E-state index is 0.531. The van der Waals surface area contributed by atoms with Gasteiger partial charge in [0.15, 0.2) is 0 Å². The second-order valence-corrected chi connectivity index (χ2v) is 4.03. The molecule has 4 heteroatoms. The first-order chi connectivity index (χ1) is 9.11. The van der Waals surface area contributed by atoms with Crippen LogP contribution in [0.25, 0.3) is 16.9 Å². The molecule has 2 aromatic rings. The van der Waals surface area contributed by atoms with Crippen LogP contribution in [0.2, 0.25) is 0 Å². The number of benzene rings is 1. The van der Waals surface area contributed by atoms with E-state index >= 15 is 0 Å². The van der Waals surface area contributed by atoms with Crippen LogP contribution in [0.5, 0.6) is 5.75 Å². The molecule has 0 unspecified atom stereocenters. The van der Waals surface area contributed by atoms with Crippen LogP contribution in [0.3, 0.4) is 0 Å². The van der Waals surface area contributed by atoms with Crippen molar-refractivity contribution < 1.29 is 19.1 Å². The topological polar surface area (TPSA) is 59.7 Å². The van der Waals surface area contributed by atoms with Gasteiger partial charge in [-0.2, -0.15) is 0 Å². The van der Waals surface area contributed by atoms with Crippen LogP contribution >= 0.6 is 0 Å². The number of carboxylic acid groups (broad SMARTS) is 1. The molecule has 0 atom stereocenters. The van der Waals surface area contributed by atoms with Gasteiger partial charge in [0.2, 0.25) is 0 Å². The third-order valence-electron chi connectivity index (χ3n) is 2.71. The van der Waals surface area contributed by atoms with Crippen LogP contribution in [-0.2, 0) is 4.79 Å². The molecular weight excluding hydrogens is 244 g/mol. The quantitative estimate of drug-likeness (QED) is 0.853. The lowest BCUT2D eigenvalue weighted by molar-refractivity contribution is -0.131. The standard InChI is InChI=1S/C15H14O4/c1-10(9-15(16)17)12-7-8-14(19-12)11-5-3-4-6-13(11)18-2/h3-9H,1-2H3,(H,16,17)/b10-9+. The van der Waals surface area contributed by atoms with Crippen molar-refractivity contribution in [1.29, 1.82) is 0 Å². The fraction of sp³-hybridized carbons (Fsp3) is 0.133. The zero-order chi connectivity index (χ0) is 13.8. The van der Waals surface area contributed by atoms with Gasteiger partial charge in [-0.25, -0.2) is 4.79 Å². The van der Waals surface area contributed by atoms with Gasteiger partial charge in [-0.15, -0.1) is 0 Å². The molecule has 4 nitrogen and oxygen atoms in total. The first kappa shape index (κ1) is 13.0. The molecule has 0 aliphatic heterocycles. The maximum absolute atomic E-state index is 10.6. The molecule has 0 saturated heterocycles. The molecule has 0 amide bonds. The Balaban J connectivity index is 2.38. The van der Waals surface area contributed by atoms with E-state index in [9.17, 15) is 4.79 Å². The Labute approximate surface area is 110 Å². The van der Waals surface area contributed by atoms with Crippen molar-refractivity contribution in [2.24, 2.45) is 0 Å². The van der Waals surface area contributed by atoms with E-state index in [0.29, 0.717) is 22.8 Å². The fourth-order valence-corrected chi connectivity index (χ4v) is 1.80. The Morgan fingerprint density at radius 2 is 2.00 bits per heavy atom. The summed E-state index contributed by atoms with van der Waals surface area (Å²) in [5.41, 5.74) is 1.40. The van der Waals surface area contributed by atoms with Gasteiger partial charge in [0.1, 0.15) is 17.3 Å².